The average Bonchev–Trinajstić information content (AvgIpc) is 2.56. The predicted octanol–water partition coefficient (Wildman–Crippen LogP) is 1.36. The zero-order valence-electron chi connectivity index (χ0n) is 12.3. The second-order valence-corrected chi connectivity index (χ2v) is 5.58. The highest BCUT2D eigenvalue weighted by Crippen LogP contribution is 2.07. The van der Waals surface area contributed by atoms with Gasteiger partial charge in [0.05, 0.1) is 0 Å². The van der Waals surface area contributed by atoms with Crippen LogP contribution in [-0.4, -0.2) is 43.3 Å². The maximum atomic E-state index is 11.7. The van der Waals surface area contributed by atoms with Crippen molar-refractivity contribution in [2.75, 3.05) is 22.1 Å². The molecule has 0 fully saturated rings. The van der Waals surface area contributed by atoms with Crippen molar-refractivity contribution in [3.8, 4) is 0 Å². The molecule has 0 spiro atoms. The minimum atomic E-state index is -0.147. The molecule has 2 N–H and O–H groups in total. The number of hydrogen-bond donors (Lipinski definition) is 2. The standard InChI is InChI=1S/C14H16N6O2S/c21-11(19-13-15-5-1-6-16-13)3-9-23-10-4-12(22)20-14-17-7-2-8-18-14/h1-2,5-8H,3-4,9-10H2,(H,15,16,19,21)(H,17,18,20,22). The summed E-state index contributed by atoms with van der Waals surface area (Å²) in [6.07, 6.45) is 6.93. The summed E-state index contributed by atoms with van der Waals surface area (Å²) in [5.41, 5.74) is 0. The van der Waals surface area contributed by atoms with Crippen LogP contribution in [0.4, 0.5) is 11.9 Å². The van der Waals surface area contributed by atoms with E-state index in [2.05, 4.69) is 30.6 Å². The molecule has 0 aliphatic carbocycles. The zero-order valence-corrected chi connectivity index (χ0v) is 13.1. The number of carbonyl (C=O) groups is 2. The van der Waals surface area contributed by atoms with E-state index < -0.39 is 0 Å². The molecule has 0 saturated heterocycles. The Balaban J connectivity index is 1.55. The molecule has 120 valence electrons. The van der Waals surface area contributed by atoms with Crippen molar-refractivity contribution in [2.45, 2.75) is 12.8 Å². The summed E-state index contributed by atoms with van der Waals surface area (Å²) in [4.78, 5) is 38.9. The van der Waals surface area contributed by atoms with Crippen molar-refractivity contribution >= 4 is 35.5 Å². The van der Waals surface area contributed by atoms with Crippen LogP contribution in [0.25, 0.3) is 0 Å². The van der Waals surface area contributed by atoms with Crippen molar-refractivity contribution in [3.05, 3.63) is 36.9 Å². The van der Waals surface area contributed by atoms with Gasteiger partial charge in [-0.05, 0) is 12.1 Å². The van der Waals surface area contributed by atoms with E-state index in [0.717, 1.165) is 0 Å². The molecule has 2 heterocycles. The summed E-state index contributed by atoms with van der Waals surface area (Å²) >= 11 is 1.53. The van der Waals surface area contributed by atoms with Gasteiger partial charge in [-0.1, -0.05) is 0 Å². The number of thioether (sulfide) groups is 1. The molecule has 0 bridgehead atoms. The molecule has 0 aliphatic rings. The van der Waals surface area contributed by atoms with E-state index >= 15 is 0 Å². The summed E-state index contributed by atoms with van der Waals surface area (Å²) in [7, 11) is 0. The summed E-state index contributed by atoms with van der Waals surface area (Å²) in [5, 5.41) is 5.21. The van der Waals surface area contributed by atoms with Gasteiger partial charge in [-0.3, -0.25) is 20.2 Å². The van der Waals surface area contributed by atoms with Crippen LogP contribution in [0.15, 0.2) is 36.9 Å². The second-order valence-electron chi connectivity index (χ2n) is 4.35. The van der Waals surface area contributed by atoms with E-state index in [1.165, 1.54) is 11.8 Å². The Bertz CT molecular complexity index is 570. The maximum Gasteiger partial charge on any atom is 0.229 e. The third kappa shape index (κ3) is 6.83. The van der Waals surface area contributed by atoms with Crippen molar-refractivity contribution in [2.24, 2.45) is 0 Å². The zero-order chi connectivity index (χ0) is 16.3. The van der Waals surface area contributed by atoms with Gasteiger partial charge in [0, 0.05) is 49.1 Å². The molecule has 23 heavy (non-hydrogen) atoms. The van der Waals surface area contributed by atoms with Gasteiger partial charge >= 0.3 is 0 Å². The first-order valence-corrected chi connectivity index (χ1v) is 8.11. The van der Waals surface area contributed by atoms with Gasteiger partial charge in [-0.2, -0.15) is 11.8 Å². The van der Waals surface area contributed by atoms with Gasteiger partial charge < -0.3 is 0 Å². The first-order valence-electron chi connectivity index (χ1n) is 6.95. The van der Waals surface area contributed by atoms with Crippen molar-refractivity contribution < 1.29 is 9.59 Å². The summed E-state index contributed by atoms with van der Waals surface area (Å²) in [6.45, 7) is 0. The van der Waals surface area contributed by atoms with Crippen LogP contribution < -0.4 is 10.6 Å². The molecule has 0 aliphatic heterocycles. The van der Waals surface area contributed by atoms with Gasteiger partial charge in [0.2, 0.25) is 23.7 Å². The van der Waals surface area contributed by atoms with Crippen molar-refractivity contribution in [1.82, 2.24) is 19.9 Å². The molecule has 2 rings (SSSR count). The molecule has 0 atom stereocenters. The Labute approximate surface area is 137 Å². The van der Waals surface area contributed by atoms with Crippen molar-refractivity contribution in [3.63, 3.8) is 0 Å². The fraction of sp³-hybridized carbons (Fsp3) is 0.286. The lowest BCUT2D eigenvalue weighted by atomic mass is 10.4. The number of carbonyl (C=O) groups excluding carboxylic acids is 2. The van der Waals surface area contributed by atoms with Crippen LogP contribution in [-0.2, 0) is 9.59 Å². The molecule has 2 aromatic heterocycles. The molecule has 9 heteroatoms. The van der Waals surface area contributed by atoms with Crippen LogP contribution >= 0.6 is 11.8 Å². The fourth-order valence-electron chi connectivity index (χ4n) is 1.53. The molecular weight excluding hydrogens is 316 g/mol. The van der Waals surface area contributed by atoms with E-state index in [0.29, 0.717) is 36.2 Å². The normalized spacial score (nSPS) is 10.1. The number of aromatic nitrogens is 4. The minimum Gasteiger partial charge on any atom is -0.295 e. The Morgan fingerprint density at radius 3 is 1.57 bits per heavy atom. The largest absolute Gasteiger partial charge is 0.295 e. The van der Waals surface area contributed by atoms with Gasteiger partial charge in [-0.25, -0.2) is 19.9 Å². The van der Waals surface area contributed by atoms with Gasteiger partial charge in [0.1, 0.15) is 0 Å². The lowest BCUT2D eigenvalue weighted by Crippen LogP contribution is -2.15. The first kappa shape index (κ1) is 16.8. The average molecular weight is 332 g/mol. The quantitative estimate of drug-likeness (QED) is 0.702. The molecule has 0 unspecified atom stereocenters. The number of nitrogens with zero attached hydrogens (tertiary/aromatic N) is 4. The van der Waals surface area contributed by atoms with Crippen LogP contribution in [0.1, 0.15) is 12.8 Å². The molecule has 0 radical (unpaired) electrons. The number of nitrogens with one attached hydrogen (secondary N) is 2. The highest BCUT2D eigenvalue weighted by atomic mass is 32.2. The monoisotopic (exact) mass is 332 g/mol. The summed E-state index contributed by atoms with van der Waals surface area (Å²) < 4.78 is 0. The minimum absolute atomic E-state index is 0.147. The molecular formula is C14H16N6O2S. The molecule has 2 amide bonds. The highest BCUT2D eigenvalue weighted by molar-refractivity contribution is 7.99. The number of hydrogen-bond acceptors (Lipinski definition) is 7. The molecule has 2 aromatic rings. The first-order chi connectivity index (χ1) is 11.2. The van der Waals surface area contributed by atoms with E-state index in [9.17, 15) is 9.59 Å². The lowest BCUT2D eigenvalue weighted by Gasteiger charge is -2.04. The third-order valence-corrected chi connectivity index (χ3v) is 3.57. The van der Waals surface area contributed by atoms with Gasteiger partial charge in [0.15, 0.2) is 0 Å². The van der Waals surface area contributed by atoms with E-state index in [-0.39, 0.29) is 11.8 Å². The molecule has 0 saturated carbocycles. The van der Waals surface area contributed by atoms with Crippen LogP contribution in [0.5, 0.6) is 0 Å². The number of amides is 2. The maximum absolute atomic E-state index is 11.7. The van der Waals surface area contributed by atoms with Crippen LogP contribution in [0.3, 0.4) is 0 Å². The third-order valence-electron chi connectivity index (χ3n) is 2.58. The topological polar surface area (TPSA) is 110 Å². The van der Waals surface area contributed by atoms with Crippen molar-refractivity contribution in [1.29, 1.82) is 0 Å². The SMILES string of the molecule is O=C(CCSCCC(=O)Nc1ncccn1)Nc1ncccn1. The van der Waals surface area contributed by atoms with Gasteiger partial charge in [0.25, 0.3) is 0 Å². The second kappa shape index (κ2) is 9.46. The number of rotatable bonds is 8. The highest BCUT2D eigenvalue weighted by Gasteiger charge is 2.06. The van der Waals surface area contributed by atoms with Crippen LogP contribution in [0.2, 0.25) is 0 Å². The number of anilines is 2. The van der Waals surface area contributed by atoms with E-state index in [4.69, 9.17) is 0 Å². The molecule has 8 nitrogen and oxygen atoms in total. The Hall–Kier alpha value is -2.55. The molecule has 0 aromatic carbocycles. The summed E-state index contributed by atoms with van der Waals surface area (Å²) in [6, 6.07) is 3.36. The Kier molecular flexibility index (Phi) is 6.92. The fourth-order valence-corrected chi connectivity index (χ4v) is 2.40. The predicted molar refractivity (Wildman–Crippen MR) is 87.9 cm³/mol. The van der Waals surface area contributed by atoms with E-state index in [1.54, 1.807) is 36.9 Å². The van der Waals surface area contributed by atoms with Crippen LogP contribution in [0, 0.1) is 0 Å². The Morgan fingerprint density at radius 2 is 1.17 bits per heavy atom. The summed E-state index contributed by atoms with van der Waals surface area (Å²) in [5.74, 6) is 1.54. The Morgan fingerprint density at radius 1 is 0.783 bits per heavy atom. The van der Waals surface area contributed by atoms with Gasteiger partial charge in [-0.15, -0.1) is 0 Å². The van der Waals surface area contributed by atoms with E-state index in [1.807, 2.05) is 0 Å². The smallest absolute Gasteiger partial charge is 0.229 e. The lowest BCUT2D eigenvalue weighted by molar-refractivity contribution is -0.116.